The Labute approximate surface area is 80.1 Å². The van der Waals surface area contributed by atoms with E-state index in [0.29, 0.717) is 5.69 Å². The van der Waals surface area contributed by atoms with E-state index in [-0.39, 0.29) is 16.3 Å². The van der Waals surface area contributed by atoms with Gasteiger partial charge in [0, 0.05) is 6.20 Å². The lowest BCUT2D eigenvalue weighted by Crippen LogP contribution is -2.03. The zero-order valence-corrected chi connectivity index (χ0v) is 7.92. The molecule has 5 heteroatoms. The number of aromatic carboxylic acids is 1. The van der Waals surface area contributed by atoms with Crippen molar-refractivity contribution in [2.24, 2.45) is 0 Å². The molecule has 0 aliphatic carbocycles. The number of hydrogen-bond acceptors (Lipinski definition) is 3. The van der Waals surface area contributed by atoms with Gasteiger partial charge in [0.25, 0.3) is 0 Å². The highest BCUT2D eigenvalue weighted by molar-refractivity contribution is 6.33. The van der Waals surface area contributed by atoms with Crippen molar-refractivity contribution in [3.05, 3.63) is 22.5 Å². The maximum atomic E-state index is 10.7. The Morgan fingerprint density at radius 2 is 2.31 bits per heavy atom. The van der Waals surface area contributed by atoms with Gasteiger partial charge in [-0.05, 0) is 6.92 Å². The predicted octanol–water partition coefficient (Wildman–Crippen LogP) is 1.75. The van der Waals surface area contributed by atoms with Crippen molar-refractivity contribution in [2.75, 3.05) is 7.11 Å². The molecule has 1 heterocycles. The summed E-state index contributed by atoms with van der Waals surface area (Å²) in [5.74, 6) is -0.951. The number of aromatic nitrogens is 1. The molecule has 0 aliphatic heterocycles. The van der Waals surface area contributed by atoms with Crippen LogP contribution in [0.4, 0.5) is 0 Å². The molecule has 1 aromatic rings. The molecule has 0 bridgehead atoms. The summed E-state index contributed by atoms with van der Waals surface area (Å²) < 4.78 is 4.87. The van der Waals surface area contributed by atoms with Gasteiger partial charge >= 0.3 is 5.97 Å². The Hall–Kier alpha value is -1.29. The molecular weight excluding hydrogens is 194 g/mol. The number of rotatable bonds is 2. The largest absolute Gasteiger partial charge is 0.494 e. The smallest absolute Gasteiger partial charge is 0.341 e. The Balaban J connectivity index is 3.38. The van der Waals surface area contributed by atoms with Crippen molar-refractivity contribution in [2.45, 2.75) is 6.92 Å². The summed E-state index contributed by atoms with van der Waals surface area (Å²) in [6.45, 7) is 1.68. The zero-order valence-electron chi connectivity index (χ0n) is 7.17. The second-order valence-electron chi connectivity index (χ2n) is 2.41. The molecule has 70 valence electrons. The number of halogens is 1. The molecule has 0 radical (unpaired) electrons. The average Bonchev–Trinajstić information content (AvgIpc) is 2.09. The van der Waals surface area contributed by atoms with Gasteiger partial charge < -0.3 is 9.84 Å². The first-order valence-electron chi connectivity index (χ1n) is 3.50. The van der Waals surface area contributed by atoms with Crippen LogP contribution in [0.5, 0.6) is 5.75 Å². The van der Waals surface area contributed by atoms with Crippen molar-refractivity contribution in [3.8, 4) is 5.75 Å². The monoisotopic (exact) mass is 201 g/mol. The summed E-state index contributed by atoms with van der Waals surface area (Å²) in [6.07, 6.45) is 1.22. The van der Waals surface area contributed by atoms with Crippen LogP contribution in [0.25, 0.3) is 0 Å². The third kappa shape index (κ3) is 1.72. The third-order valence-electron chi connectivity index (χ3n) is 1.58. The second-order valence-corrected chi connectivity index (χ2v) is 2.79. The van der Waals surface area contributed by atoms with Gasteiger partial charge in [-0.2, -0.15) is 0 Å². The Morgan fingerprint density at radius 1 is 1.69 bits per heavy atom. The van der Waals surface area contributed by atoms with Crippen molar-refractivity contribution in [1.29, 1.82) is 0 Å². The molecule has 1 rings (SSSR count). The van der Waals surface area contributed by atoms with Gasteiger partial charge in [0.2, 0.25) is 0 Å². The molecule has 0 saturated carbocycles. The molecule has 0 amide bonds. The van der Waals surface area contributed by atoms with Gasteiger partial charge in [-0.3, -0.25) is 4.98 Å². The molecule has 1 aromatic heterocycles. The molecule has 0 saturated heterocycles. The summed E-state index contributed by atoms with van der Waals surface area (Å²) in [7, 11) is 1.37. The first-order valence-corrected chi connectivity index (χ1v) is 3.88. The fourth-order valence-corrected chi connectivity index (χ4v) is 1.14. The van der Waals surface area contributed by atoms with Gasteiger partial charge in [-0.15, -0.1) is 0 Å². The van der Waals surface area contributed by atoms with E-state index in [9.17, 15) is 4.79 Å². The summed E-state index contributed by atoms with van der Waals surface area (Å²) in [5.41, 5.74) is 0.515. The van der Waals surface area contributed by atoms with Crippen LogP contribution in [0.15, 0.2) is 6.20 Å². The van der Waals surface area contributed by atoms with Crippen LogP contribution in [-0.4, -0.2) is 23.2 Å². The molecular formula is C8H8ClNO3. The summed E-state index contributed by atoms with van der Waals surface area (Å²) in [6, 6.07) is 0. The van der Waals surface area contributed by atoms with E-state index in [2.05, 4.69) is 4.98 Å². The van der Waals surface area contributed by atoms with E-state index in [0.717, 1.165) is 0 Å². The molecule has 0 aromatic carbocycles. The second kappa shape index (κ2) is 3.62. The van der Waals surface area contributed by atoms with E-state index in [1.807, 2.05) is 0 Å². The third-order valence-corrected chi connectivity index (χ3v) is 2.03. The van der Waals surface area contributed by atoms with Crippen LogP contribution < -0.4 is 4.74 Å². The minimum atomic E-state index is -1.11. The number of carboxylic acids is 1. The van der Waals surface area contributed by atoms with Crippen LogP contribution in [0.3, 0.4) is 0 Å². The van der Waals surface area contributed by atoms with E-state index >= 15 is 0 Å². The topological polar surface area (TPSA) is 59.4 Å². The summed E-state index contributed by atoms with van der Waals surface area (Å²) in [5, 5.41) is 8.97. The van der Waals surface area contributed by atoms with Crippen LogP contribution in [-0.2, 0) is 0 Å². The Morgan fingerprint density at radius 3 is 2.77 bits per heavy atom. The van der Waals surface area contributed by atoms with Gasteiger partial charge in [0.05, 0.1) is 12.8 Å². The van der Waals surface area contributed by atoms with Crippen LogP contribution in [0.1, 0.15) is 16.1 Å². The fraction of sp³-hybridized carbons (Fsp3) is 0.250. The van der Waals surface area contributed by atoms with Gasteiger partial charge in [-0.25, -0.2) is 4.79 Å². The maximum Gasteiger partial charge on any atom is 0.341 e. The quantitative estimate of drug-likeness (QED) is 0.792. The van der Waals surface area contributed by atoms with Gasteiger partial charge in [0.1, 0.15) is 10.6 Å². The number of ether oxygens (including phenoxy) is 1. The number of nitrogens with zero attached hydrogens (tertiary/aromatic N) is 1. The summed E-state index contributed by atoms with van der Waals surface area (Å²) >= 11 is 5.79. The van der Waals surface area contributed by atoms with Crippen molar-refractivity contribution >= 4 is 17.6 Å². The Kier molecular flexibility index (Phi) is 2.72. The van der Waals surface area contributed by atoms with Gasteiger partial charge in [0.15, 0.2) is 5.75 Å². The number of carboxylic acid groups (broad SMARTS) is 1. The molecule has 13 heavy (non-hydrogen) atoms. The first-order chi connectivity index (χ1) is 6.07. The molecule has 0 spiro atoms. The number of methoxy groups -OCH3 is 1. The highest BCUT2D eigenvalue weighted by Crippen LogP contribution is 2.29. The molecule has 0 atom stereocenters. The normalized spacial score (nSPS) is 9.77. The lowest BCUT2D eigenvalue weighted by molar-refractivity contribution is 0.0693. The van der Waals surface area contributed by atoms with Crippen molar-refractivity contribution in [1.82, 2.24) is 4.98 Å². The van der Waals surface area contributed by atoms with E-state index in [1.165, 1.54) is 13.3 Å². The summed E-state index contributed by atoms with van der Waals surface area (Å²) in [4.78, 5) is 14.5. The lowest BCUT2D eigenvalue weighted by atomic mass is 10.2. The highest BCUT2D eigenvalue weighted by Gasteiger charge is 2.16. The molecule has 0 aliphatic rings. The number of carbonyl (C=O) groups is 1. The fourth-order valence-electron chi connectivity index (χ4n) is 0.911. The van der Waals surface area contributed by atoms with Crippen molar-refractivity contribution in [3.63, 3.8) is 0 Å². The highest BCUT2D eigenvalue weighted by atomic mass is 35.5. The molecule has 0 fully saturated rings. The predicted molar refractivity (Wildman–Crippen MR) is 47.5 cm³/mol. The number of hydrogen-bond donors (Lipinski definition) is 1. The molecule has 4 nitrogen and oxygen atoms in total. The molecule has 0 unspecified atom stereocenters. The van der Waals surface area contributed by atoms with E-state index in [1.54, 1.807) is 6.92 Å². The van der Waals surface area contributed by atoms with Crippen molar-refractivity contribution < 1.29 is 14.6 Å². The minimum Gasteiger partial charge on any atom is -0.494 e. The lowest BCUT2D eigenvalue weighted by Gasteiger charge is -2.07. The minimum absolute atomic E-state index is 0.0295. The van der Waals surface area contributed by atoms with Gasteiger partial charge in [-0.1, -0.05) is 11.6 Å². The number of pyridine rings is 1. The van der Waals surface area contributed by atoms with Crippen LogP contribution in [0, 0.1) is 6.92 Å². The van der Waals surface area contributed by atoms with Crippen LogP contribution in [0.2, 0.25) is 5.02 Å². The average molecular weight is 202 g/mol. The standard InChI is InChI=1S/C8H8ClNO3/c1-4-6(9)7(13-2)5(3-10-4)8(11)12/h3H,1-2H3,(H,11,12). The number of aryl methyl sites for hydroxylation is 1. The zero-order chi connectivity index (χ0) is 10.0. The maximum absolute atomic E-state index is 10.7. The Bertz CT molecular complexity index is 351. The molecule has 1 N–H and O–H groups in total. The van der Waals surface area contributed by atoms with Crippen LogP contribution >= 0.6 is 11.6 Å². The first kappa shape index (κ1) is 9.80. The SMILES string of the molecule is COc1c(C(=O)O)cnc(C)c1Cl. The van der Waals surface area contributed by atoms with E-state index < -0.39 is 5.97 Å². The van der Waals surface area contributed by atoms with E-state index in [4.69, 9.17) is 21.4 Å².